The Kier molecular flexibility index (Phi) is 11.3. The Bertz CT molecular complexity index is 1440. The van der Waals surface area contributed by atoms with Gasteiger partial charge in [-0.25, -0.2) is 24.0 Å². The van der Waals surface area contributed by atoms with Crippen LogP contribution < -0.4 is 0 Å². The van der Waals surface area contributed by atoms with E-state index in [-0.39, 0.29) is 59.8 Å². The molecule has 13 heteroatoms. The summed E-state index contributed by atoms with van der Waals surface area (Å²) in [4.78, 5) is 82.8. The molecule has 2 rings (SSSR count). The van der Waals surface area contributed by atoms with E-state index >= 15 is 0 Å². The van der Waals surface area contributed by atoms with Gasteiger partial charge in [0.05, 0.1) is 22.3 Å². The first kappa shape index (κ1) is 31.8. The van der Waals surface area contributed by atoms with Crippen molar-refractivity contribution in [2.24, 2.45) is 5.18 Å². The van der Waals surface area contributed by atoms with Gasteiger partial charge in [-0.2, -0.15) is 0 Å². The van der Waals surface area contributed by atoms with Gasteiger partial charge in [0.25, 0.3) is 0 Å². The molecule has 2 aromatic rings. The van der Waals surface area contributed by atoms with Crippen LogP contribution in [0.1, 0.15) is 55.3 Å². The number of aromatic carboxylic acids is 1. The fourth-order valence-corrected chi connectivity index (χ4v) is 3.15. The number of nitroso groups, excluding NO2 is 1. The Morgan fingerprint density at radius 1 is 0.659 bits per heavy atom. The summed E-state index contributed by atoms with van der Waals surface area (Å²) in [6.45, 7) is 8.46. The zero-order chi connectivity index (χ0) is 30.7. The molecule has 2 aromatic carbocycles. The summed E-state index contributed by atoms with van der Waals surface area (Å²) < 4.78 is 19.6. The Morgan fingerprint density at radius 3 is 1.44 bits per heavy atom. The van der Waals surface area contributed by atoms with Crippen molar-refractivity contribution in [2.45, 2.75) is 13.8 Å². The number of ether oxygens (including phenoxy) is 4. The van der Waals surface area contributed by atoms with Crippen molar-refractivity contribution in [1.82, 2.24) is 0 Å². The topological polar surface area (TPSA) is 189 Å². The van der Waals surface area contributed by atoms with Crippen molar-refractivity contribution < 1.29 is 52.8 Å². The van der Waals surface area contributed by atoms with E-state index in [1.54, 1.807) is 0 Å². The average molecular weight is 568 g/mol. The molecule has 41 heavy (non-hydrogen) atoms. The lowest BCUT2D eigenvalue weighted by atomic mass is 9.95. The zero-order valence-corrected chi connectivity index (χ0v) is 22.1. The van der Waals surface area contributed by atoms with Crippen LogP contribution in [0.15, 0.2) is 65.9 Å². The number of hydrogen-bond donors (Lipinski definition) is 1. The van der Waals surface area contributed by atoms with Gasteiger partial charge in [0.2, 0.25) is 0 Å². The lowest BCUT2D eigenvalue weighted by Crippen LogP contribution is -2.17. The van der Waals surface area contributed by atoms with Gasteiger partial charge in [0.15, 0.2) is 0 Å². The van der Waals surface area contributed by atoms with Gasteiger partial charge in [-0.15, -0.1) is 4.91 Å². The third kappa shape index (κ3) is 8.78. The maximum atomic E-state index is 12.5. The van der Waals surface area contributed by atoms with Crippen LogP contribution in [0, 0.1) is 4.91 Å². The Morgan fingerprint density at radius 2 is 1.05 bits per heavy atom. The van der Waals surface area contributed by atoms with Gasteiger partial charge in [-0.05, 0) is 49.2 Å². The highest BCUT2D eigenvalue weighted by molar-refractivity contribution is 6.07. The highest BCUT2D eigenvalue weighted by Gasteiger charge is 2.23. The molecule has 0 bridgehead atoms. The molecule has 1 N–H and O–H groups in total. The van der Waals surface area contributed by atoms with Crippen LogP contribution in [-0.2, 0) is 28.5 Å². The minimum atomic E-state index is -1.47. The average Bonchev–Trinajstić information content (AvgIpc) is 2.95. The van der Waals surface area contributed by atoms with E-state index in [1.165, 1.54) is 38.1 Å². The van der Waals surface area contributed by atoms with Gasteiger partial charge in [0.1, 0.15) is 26.4 Å². The van der Waals surface area contributed by atoms with Gasteiger partial charge >= 0.3 is 35.8 Å². The third-order valence-corrected chi connectivity index (χ3v) is 5.15. The lowest BCUT2D eigenvalue weighted by Gasteiger charge is -2.12. The molecular weight excluding hydrogens is 542 g/mol. The predicted molar refractivity (Wildman–Crippen MR) is 141 cm³/mol. The Hall–Kier alpha value is -5.46. The molecule has 0 atom stereocenters. The highest BCUT2D eigenvalue weighted by Crippen LogP contribution is 2.27. The molecule has 0 heterocycles. The van der Waals surface area contributed by atoms with Crippen molar-refractivity contribution in [2.75, 3.05) is 26.4 Å². The van der Waals surface area contributed by atoms with Crippen LogP contribution in [0.5, 0.6) is 0 Å². The van der Waals surface area contributed by atoms with E-state index in [0.29, 0.717) is 0 Å². The number of nitrogens with zero attached hydrogens (tertiary/aromatic N) is 1. The number of hydrogen-bond acceptors (Lipinski definition) is 11. The molecule has 0 spiro atoms. The van der Waals surface area contributed by atoms with E-state index in [2.05, 4.69) is 18.3 Å². The molecule has 214 valence electrons. The predicted octanol–water partition coefficient (Wildman–Crippen LogP) is 3.51. The second-order valence-corrected chi connectivity index (χ2v) is 8.33. The fraction of sp³-hybridized carbons (Fsp3) is 0.214. The summed E-state index contributed by atoms with van der Waals surface area (Å²) in [5, 5.41) is 12.0. The summed E-state index contributed by atoms with van der Waals surface area (Å²) in [6.07, 6.45) is 0. The van der Waals surface area contributed by atoms with Crippen LogP contribution >= 0.6 is 0 Å². The number of carbonyl (C=O) groups is 6. The fourth-order valence-electron chi connectivity index (χ4n) is 3.15. The summed E-state index contributed by atoms with van der Waals surface area (Å²) in [5.74, 6) is -6.12. The summed E-state index contributed by atoms with van der Waals surface area (Å²) in [6, 6.07) is 7.33. The van der Waals surface area contributed by atoms with E-state index in [9.17, 15) is 38.8 Å². The second kappa shape index (κ2) is 14.6. The van der Waals surface area contributed by atoms with Gasteiger partial charge in [0, 0.05) is 16.3 Å². The zero-order valence-electron chi connectivity index (χ0n) is 22.1. The van der Waals surface area contributed by atoms with Crippen molar-refractivity contribution >= 4 is 35.8 Å². The molecule has 0 saturated carbocycles. The SMILES string of the molecule is C=C(C)C(=O)OCCOC(=O)c1ccc(-c2ccc(C(=O)OCCOC(=O)C(=C)C)c(C(=O)N=O)c2)cc1C(=O)O. The van der Waals surface area contributed by atoms with Crippen LogP contribution in [0.4, 0.5) is 0 Å². The summed E-state index contributed by atoms with van der Waals surface area (Å²) in [5.41, 5.74) is -0.762. The standard InChI is InChI=1S/C28H25NO12/c1-15(2)25(33)38-9-11-40-27(35)19-7-5-17(13-21(19)23(30)29-37)18-6-8-20(22(14-18)24(31)32)28(36)41-12-10-39-26(34)16(3)4/h5-8,13-14H,1,3,9-12H2,2,4H3,(H,31,32). The molecular formula is C28H25NO12. The van der Waals surface area contributed by atoms with Crippen molar-refractivity contribution in [3.63, 3.8) is 0 Å². The molecule has 0 fully saturated rings. The molecule has 0 aliphatic heterocycles. The van der Waals surface area contributed by atoms with Crippen LogP contribution in [0.3, 0.4) is 0 Å². The first-order chi connectivity index (χ1) is 19.4. The van der Waals surface area contributed by atoms with Crippen LogP contribution in [-0.4, -0.2) is 67.3 Å². The number of benzene rings is 2. The first-order valence-electron chi connectivity index (χ1n) is 11.8. The molecule has 0 aliphatic carbocycles. The first-order valence-corrected chi connectivity index (χ1v) is 11.8. The number of carbonyl (C=O) groups excluding carboxylic acids is 5. The second-order valence-electron chi connectivity index (χ2n) is 8.33. The lowest BCUT2D eigenvalue weighted by molar-refractivity contribution is -0.140. The monoisotopic (exact) mass is 567 g/mol. The molecule has 1 amide bonds. The van der Waals surface area contributed by atoms with Crippen molar-refractivity contribution in [1.29, 1.82) is 0 Å². The maximum absolute atomic E-state index is 12.5. The molecule has 13 nitrogen and oxygen atoms in total. The summed E-state index contributed by atoms with van der Waals surface area (Å²) >= 11 is 0. The molecule has 0 unspecified atom stereocenters. The number of carboxylic acids is 1. The number of carboxylic acid groups (broad SMARTS) is 1. The Labute approximate surface area is 233 Å². The van der Waals surface area contributed by atoms with Gasteiger partial charge in [-0.1, -0.05) is 25.3 Å². The van der Waals surface area contributed by atoms with Crippen molar-refractivity contribution in [3.05, 3.63) is 87.9 Å². The number of amides is 1. The van der Waals surface area contributed by atoms with E-state index in [0.717, 1.165) is 12.1 Å². The normalized spacial score (nSPS) is 10.1. The van der Waals surface area contributed by atoms with E-state index in [1.807, 2.05) is 0 Å². The molecule has 0 saturated heterocycles. The third-order valence-electron chi connectivity index (χ3n) is 5.15. The Balaban J connectivity index is 2.26. The van der Waals surface area contributed by atoms with Gasteiger partial charge in [-0.3, -0.25) is 4.79 Å². The largest absolute Gasteiger partial charge is 0.478 e. The van der Waals surface area contributed by atoms with E-state index < -0.39 is 46.9 Å². The molecule has 0 aliphatic rings. The minimum absolute atomic E-state index is 0.148. The minimum Gasteiger partial charge on any atom is -0.478 e. The molecule has 0 aromatic heterocycles. The smallest absolute Gasteiger partial charge is 0.339 e. The van der Waals surface area contributed by atoms with Crippen LogP contribution in [0.25, 0.3) is 11.1 Å². The number of esters is 4. The van der Waals surface area contributed by atoms with E-state index in [4.69, 9.17) is 18.9 Å². The number of rotatable bonds is 13. The van der Waals surface area contributed by atoms with Crippen LogP contribution in [0.2, 0.25) is 0 Å². The van der Waals surface area contributed by atoms with Gasteiger partial charge < -0.3 is 24.1 Å². The maximum Gasteiger partial charge on any atom is 0.339 e. The summed E-state index contributed by atoms with van der Waals surface area (Å²) in [7, 11) is 0. The van der Waals surface area contributed by atoms with Crippen molar-refractivity contribution in [3.8, 4) is 11.1 Å². The quantitative estimate of drug-likeness (QED) is 0.122. The highest BCUT2D eigenvalue weighted by atomic mass is 16.6. The molecule has 0 radical (unpaired) electrons.